The van der Waals surface area contributed by atoms with Crippen molar-refractivity contribution in [2.45, 2.75) is 31.7 Å². The van der Waals surface area contributed by atoms with Crippen molar-refractivity contribution in [2.75, 3.05) is 26.7 Å². The summed E-state index contributed by atoms with van der Waals surface area (Å²) < 4.78 is 0. The van der Waals surface area contributed by atoms with E-state index in [0.717, 1.165) is 32.4 Å². The summed E-state index contributed by atoms with van der Waals surface area (Å²) in [5, 5.41) is 6.13. The van der Waals surface area contributed by atoms with Crippen molar-refractivity contribution in [2.24, 2.45) is 5.92 Å². The van der Waals surface area contributed by atoms with Crippen molar-refractivity contribution in [1.29, 1.82) is 0 Å². The Morgan fingerprint density at radius 3 is 2.71 bits per heavy atom. The second kappa shape index (κ2) is 5.49. The molecule has 5 nitrogen and oxygen atoms in total. The van der Waals surface area contributed by atoms with Gasteiger partial charge in [0.15, 0.2) is 0 Å². The molecule has 0 aromatic rings. The first-order valence-electron chi connectivity index (χ1n) is 6.39. The van der Waals surface area contributed by atoms with Gasteiger partial charge in [0.2, 0.25) is 11.8 Å². The number of carbonyl (C=O) groups excluding carboxylic acids is 2. The van der Waals surface area contributed by atoms with Crippen LogP contribution in [-0.4, -0.2) is 49.4 Å². The van der Waals surface area contributed by atoms with Gasteiger partial charge in [0.25, 0.3) is 0 Å². The third-order valence-electron chi connectivity index (χ3n) is 3.37. The number of nitrogens with one attached hydrogen (secondary N) is 2. The molecule has 17 heavy (non-hydrogen) atoms. The van der Waals surface area contributed by atoms with Crippen LogP contribution >= 0.6 is 0 Å². The highest BCUT2D eigenvalue weighted by Gasteiger charge is 2.25. The summed E-state index contributed by atoms with van der Waals surface area (Å²) in [4.78, 5) is 24.9. The Hall–Kier alpha value is -1.10. The predicted octanol–water partition coefficient (Wildman–Crippen LogP) is -0.277. The van der Waals surface area contributed by atoms with Crippen molar-refractivity contribution in [3.63, 3.8) is 0 Å². The quantitative estimate of drug-likeness (QED) is 0.694. The van der Waals surface area contributed by atoms with E-state index < -0.39 is 0 Å². The van der Waals surface area contributed by atoms with E-state index in [2.05, 4.69) is 10.6 Å². The first kappa shape index (κ1) is 12.4. The molecule has 1 atom stereocenters. The summed E-state index contributed by atoms with van der Waals surface area (Å²) in [6.07, 6.45) is 3.78. The van der Waals surface area contributed by atoms with Crippen LogP contribution in [0.15, 0.2) is 0 Å². The predicted molar refractivity (Wildman–Crippen MR) is 64.4 cm³/mol. The van der Waals surface area contributed by atoms with Gasteiger partial charge in [-0.1, -0.05) is 0 Å². The topological polar surface area (TPSA) is 61.4 Å². The summed E-state index contributed by atoms with van der Waals surface area (Å²) in [6, 6.07) is 0.366. The lowest BCUT2D eigenvalue weighted by atomic mass is 10.0. The van der Waals surface area contributed by atoms with Crippen molar-refractivity contribution >= 4 is 11.8 Å². The van der Waals surface area contributed by atoms with Gasteiger partial charge in [-0.15, -0.1) is 0 Å². The number of likely N-dealkylation sites (N-methyl/N-ethyl adjacent to an activating group) is 1. The van der Waals surface area contributed by atoms with Gasteiger partial charge in [0, 0.05) is 19.5 Å². The zero-order valence-electron chi connectivity index (χ0n) is 10.4. The number of hydrogen-bond donors (Lipinski definition) is 2. The van der Waals surface area contributed by atoms with E-state index in [1.165, 1.54) is 4.90 Å². The zero-order valence-corrected chi connectivity index (χ0v) is 10.4. The van der Waals surface area contributed by atoms with E-state index in [4.69, 9.17) is 0 Å². The van der Waals surface area contributed by atoms with Gasteiger partial charge in [-0.2, -0.15) is 0 Å². The summed E-state index contributed by atoms with van der Waals surface area (Å²) in [5.41, 5.74) is 0. The summed E-state index contributed by atoms with van der Waals surface area (Å²) in [5.74, 6) is 0.481. The van der Waals surface area contributed by atoms with Crippen molar-refractivity contribution in [1.82, 2.24) is 15.5 Å². The Labute approximate surface area is 102 Å². The third-order valence-corrected chi connectivity index (χ3v) is 3.37. The molecule has 1 aliphatic carbocycles. The fourth-order valence-corrected chi connectivity index (χ4v) is 2.10. The molecule has 0 bridgehead atoms. The number of nitrogens with zero attached hydrogens (tertiary/aromatic N) is 1. The lowest BCUT2D eigenvalue weighted by molar-refractivity contribution is -0.135. The van der Waals surface area contributed by atoms with Crippen LogP contribution in [0.3, 0.4) is 0 Å². The molecule has 1 heterocycles. The number of hydrogen-bond acceptors (Lipinski definition) is 3. The van der Waals surface area contributed by atoms with Gasteiger partial charge >= 0.3 is 0 Å². The van der Waals surface area contributed by atoms with Gasteiger partial charge in [-0.3, -0.25) is 9.59 Å². The van der Waals surface area contributed by atoms with Crippen LogP contribution in [0.1, 0.15) is 25.7 Å². The molecule has 2 rings (SSSR count). The molecular formula is C12H21N3O2. The third kappa shape index (κ3) is 4.00. The molecule has 1 unspecified atom stereocenters. The Kier molecular flexibility index (Phi) is 3.99. The summed E-state index contributed by atoms with van der Waals surface area (Å²) in [7, 11) is 1.71. The fraction of sp³-hybridized carbons (Fsp3) is 0.833. The molecule has 0 aromatic heterocycles. The lowest BCUT2D eigenvalue weighted by Crippen LogP contribution is -2.39. The summed E-state index contributed by atoms with van der Waals surface area (Å²) >= 11 is 0. The highest BCUT2D eigenvalue weighted by Crippen LogP contribution is 2.18. The van der Waals surface area contributed by atoms with Gasteiger partial charge in [-0.05, 0) is 38.3 Å². The van der Waals surface area contributed by atoms with Gasteiger partial charge in [-0.25, -0.2) is 0 Å². The standard InChI is InChI=1S/C12H21N3O2/c1-15(8-11(16)14-10-2-3-10)12(17)6-9-4-5-13-7-9/h9-10,13H,2-8H2,1H3,(H,14,16). The zero-order chi connectivity index (χ0) is 12.3. The Morgan fingerprint density at radius 1 is 1.35 bits per heavy atom. The molecule has 1 saturated carbocycles. The average molecular weight is 239 g/mol. The molecule has 2 amide bonds. The second-order valence-corrected chi connectivity index (χ2v) is 5.15. The highest BCUT2D eigenvalue weighted by atomic mass is 16.2. The maximum atomic E-state index is 11.9. The van der Waals surface area contributed by atoms with Crippen LogP contribution in [0.2, 0.25) is 0 Å². The van der Waals surface area contributed by atoms with Crippen molar-refractivity contribution in [3.05, 3.63) is 0 Å². The van der Waals surface area contributed by atoms with E-state index in [1.54, 1.807) is 7.05 Å². The van der Waals surface area contributed by atoms with Crippen molar-refractivity contribution in [3.8, 4) is 0 Å². The average Bonchev–Trinajstić information content (AvgIpc) is 2.93. The molecule has 1 saturated heterocycles. The van der Waals surface area contributed by atoms with Crippen LogP contribution in [-0.2, 0) is 9.59 Å². The maximum absolute atomic E-state index is 11.9. The minimum atomic E-state index is -0.0344. The SMILES string of the molecule is CN(CC(=O)NC1CC1)C(=O)CC1CCNC1. The molecule has 0 spiro atoms. The minimum absolute atomic E-state index is 0.0344. The van der Waals surface area contributed by atoms with Gasteiger partial charge in [0.1, 0.15) is 0 Å². The first-order valence-corrected chi connectivity index (χ1v) is 6.39. The molecule has 1 aliphatic heterocycles. The Bertz CT molecular complexity index is 296. The molecule has 2 N–H and O–H groups in total. The Balaban J connectivity index is 1.67. The van der Waals surface area contributed by atoms with Crippen LogP contribution < -0.4 is 10.6 Å². The second-order valence-electron chi connectivity index (χ2n) is 5.15. The fourth-order valence-electron chi connectivity index (χ4n) is 2.10. The molecule has 0 aromatic carbocycles. The van der Waals surface area contributed by atoms with Crippen molar-refractivity contribution < 1.29 is 9.59 Å². The van der Waals surface area contributed by atoms with Gasteiger partial charge in [0.05, 0.1) is 6.54 Å². The van der Waals surface area contributed by atoms with E-state index in [0.29, 0.717) is 18.4 Å². The first-order chi connectivity index (χ1) is 8.15. The monoisotopic (exact) mass is 239 g/mol. The number of amides is 2. The van der Waals surface area contributed by atoms with E-state index in [1.807, 2.05) is 0 Å². The maximum Gasteiger partial charge on any atom is 0.239 e. The minimum Gasteiger partial charge on any atom is -0.352 e. The number of rotatable bonds is 5. The van der Waals surface area contributed by atoms with Crippen LogP contribution in [0, 0.1) is 5.92 Å². The molecular weight excluding hydrogens is 218 g/mol. The normalized spacial score (nSPS) is 23.5. The Morgan fingerprint density at radius 2 is 2.12 bits per heavy atom. The van der Waals surface area contributed by atoms with E-state index >= 15 is 0 Å². The molecule has 0 radical (unpaired) electrons. The molecule has 2 aliphatic rings. The van der Waals surface area contributed by atoms with Crippen LogP contribution in [0.4, 0.5) is 0 Å². The lowest BCUT2D eigenvalue weighted by Gasteiger charge is -2.18. The summed E-state index contributed by atoms with van der Waals surface area (Å²) in [6.45, 7) is 2.12. The largest absolute Gasteiger partial charge is 0.352 e. The highest BCUT2D eigenvalue weighted by molar-refractivity contribution is 5.85. The molecule has 96 valence electrons. The van der Waals surface area contributed by atoms with E-state index in [-0.39, 0.29) is 18.4 Å². The van der Waals surface area contributed by atoms with Crippen LogP contribution in [0.25, 0.3) is 0 Å². The van der Waals surface area contributed by atoms with Crippen LogP contribution in [0.5, 0.6) is 0 Å². The molecule has 2 fully saturated rings. The number of carbonyl (C=O) groups is 2. The van der Waals surface area contributed by atoms with Gasteiger partial charge < -0.3 is 15.5 Å². The van der Waals surface area contributed by atoms with E-state index in [9.17, 15) is 9.59 Å². The molecule has 5 heteroatoms. The smallest absolute Gasteiger partial charge is 0.239 e.